The topological polar surface area (TPSA) is 129 Å². The monoisotopic (exact) mass is 592 g/mol. The minimum absolute atomic E-state index is 0.258. The predicted octanol–water partition coefficient (Wildman–Crippen LogP) is 4.73. The van der Waals surface area contributed by atoms with Crippen molar-refractivity contribution in [1.29, 1.82) is 0 Å². The van der Waals surface area contributed by atoms with Gasteiger partial charge in [-0.1, -0.05) is 11.6 Å². The second-order valence-electron chi connectivity index (χ2n) is 6.92. The van der Waals surface area contributed by atoms with Gasteiger partial charge in [0.15, 0.2) is 0 Å². The number of nitrogens with zero attached hydrogens (tertiary/aromatic N) is 2. The summed E-state index contributed by atoms with van der Waals surface area (Å²) in [6.45, 7) is 0.734. The molecule has 0 saturated carbocycles. The smallest absolute Gasteiger partial charge is 0.490 e. The van der Waals surface area contributed by atoms with E-state index in [0.29, 0.717) is 56.7 Å². The number of aromatic nitrogens is 2. The number of carboxylic acids is 1. The van der Waals surface area contributed by atoms with Crippen LogP contribution < -0.4 is 20.5 Å². The highest BCUT2D eigenvalue weighted by atomic mass is 79.9. The van der Waals surface area contributed by atoms with Crippen LogP contribution in [0.2, 0.25) is 5.02 Å². The highest BCUT2D eigenvalue weighted by Gasteiger charge is 2.38. The minimum Gasteiger partial charge on any atom is -0.496 e. The number of alkyl halides is 3. The van der Waals surface area contributed by atoms with E-state index in [1.165, 1.54) is 0 Å². The van der Waals surface area contributed by atoms with Crippen LogP contribution in [-0.2, 0) is 11.8 Å². The number of nitrogens with one attached hydrogen (secondary N) is 1. The second-order valence-corrected chi connectivity index (χ2v) is 8.18. The van der Waals surface area contributed by atoms with Crippen LogP contribution in [0.5, 0.6) is 11.5 Å². The highest BCUT2D eigenvalue weighted by molar-refractivity contribution is 9.10. The summed E-state index contributed by atoms with van der Waals surface area (Å²) < 4.78 is 45.0. The zero-order valence-electron chi connectivity index (χ0n) is 18.9. The normalized spacial score (nSPS) is 10.8. The number of ether oxygens (including phenoxy) is 2. The molecule has 0 fully saturated rings. The van der Waals surface area contributed by atoms with Gasteiger partial charge in [0.25, 0.3) is 5.91 Å². The molecule has 0 aliphatic heterocycles. The lowest BCUT2D eigenvalue weighted by Gasteiger charge is -2.14. The fourth-order valence-corrected chi connectivity index (χ4v) is 3.62. The molecule has 3 aromatic rings. The molecule has 0 radical (unpaired) electrons. The van der Waals surface area contributed by atoms with E-state index in [-0.39, 0.29) is 5.91 Å². The van der Waals surface area contributed by atoms with Gasteiger partial charge >= 0.3 is 12.1 Å². The molecule has 1 heterocycles. The van der Waals surface area contributed by atoms with Crippen molar-refractivity contribution in [2.45, 2.75) is 6.18 Å². The summed E-state index contributed by atoms with van der Waals surface area (Å²) in [5.74, 6) is -1.76. The number of anilines is 1. The molecule has 0 aliphatic rings. The van der Waals surface area contributed by atoms with E-state index < -0.39 is 12.1 Å². The van der Waals surface area contributed by atoms with Gasteiger partial charge in [-0.05, 0) is 52.3 Å². The van der Waals surface area contributed by atoms with Gasteiger partial charge in [0, 0.05) is 30.4 Å². The molecule has 14 heteroatoms. The molecule has 0 aliphatic carbocycles. The van der Waals surface area contributed by atoms with Crippen LogP contribution in [0.4, 0.5) is 18.9 Å². The van der Waals surface area contributed by atoms with Crippen LogP contribution in [-0.4, -0.2) is 53.2 Å². The van der Waals surface area contributed by atoms with Crippen molar-refractivity contribution in [3.8, 4) is 22.8 Å². The van der Waals surface area contributed by atoms with E-state index in [0.717, 1.165) is 0 Å². The average molecular weight is 594 g/mol. The Bertz CT molecular complexity index is 1220. The Hall–Kier alpha value is -3.29. The molecule has 36 heavy (non-hydrogen) atoms. The lowest BCUT2D eigenvalue weighted by molar-refractivity contribution is -0.192. The van der Waals surface area contributed by atoms with E-state index in [4.69, 9.17) is 36.7 Å². The first-order valence-electron chi connectivity index (χ1n) is 9.98. The Balaban J connectivity index is 0.000000572. The zero-order chi connectivity index (χ0) is 27.0. The van der Waals surface area contributed by atoms with Crippen LogP contribution in [0.1, 0.15) is 10.4 Å². The first-order chi connectivity index (χ1) is 16.9. The molecule has 0 saturated heterocycles. The van der Waals surface area contributed by atoms with Crippen molar-refractivity contribution in [3.05, 3.63) is 57.7 Å². The molecule has 0 unspecified atom stereocenters. The highest BCUT2D eigenvalue weighted by Crippen LogP contribution is 2.36. The number of hydrogen-bond donors (Lipinski definition) is 3. The number of amides is 1. The van der Waals surface area contributed by atoms with Crippen molar-refractivity contribution in [3.63, 3.8) is 0 Å². The maximum absolute atomic E-state index is 12.7. The van der Waals surface area contributed by atoms with Crippen LogP contribution in [0, 0.1) is 0 Å². The van der Waals surface area contributed by atoms with Gasteiger partial charge in [-0.3, -0.25) is 9.48 Å². The van der Waals surface area contributed by atoms with Gasteiger partial charge in [-0.2, -0.15) is 18.3 Å². The molecule has 0 atom stereocenters. The van der Waals surface area contributed by atoms with Gasteiger partial charge in [-0.15, -0.1) is 0 Å². The predicted molar refractivity (Wildman–Crippen MR) is 131 cm³/mol. The molecule has 1 amide bonds. The number of nitrogens with two attached hydrogens (primary N) is 1. The number of hydrogen-bond acceptors (Lipinski definition) is 6. The number of methoxy groups -OCH3 is 1. The summed E-state index contributed by atoms with van der Waals surface area (Å²) in [6.07, 6.45) is -3.52. The van der Waals surface area contributed by atoms with Gasteiger partial charge in [0.1, 0.15) is 18.1 Å². The third-order valence-corrected chi connectivity index (χ3v) is 5.31. The number of carbonyl (C=O) groups excluding carboxylic acids is 1. The summed E-state index contributed by atoms with van der Waals surface area (Å²) in [5, 5.41) is 14.7. The molecular weight excluding hydrogens is 573 g/mol. The van der Waals surface area contributed by atoms with Gasteiger partial charge < -0.3 is 25.6 Å². The van der Waals surface area contributed by atoms with E-state index in [9.17, 15) is 18.0 Å². The summed E-state index contributed by atoms with van der Waals surface area (Å²) in [7, 11) is 3.35. The van der Waals surface area contributed by atoms with Crippen LogP contribution in [0.25, 0.3) is 11.3 Å². The second kappa shape index (κ2) is 12.6. The minimum atomic E-state index is -5.08. The molecule has 3 rings (SSSR count). The molecule has 2 aromatic carbocycles. The number of carboxylic acid groups (broad SMARTS) is 1. The van der Waals surface area contributed by atoms with Crippen molar-refractivity contribution in [2.75, 3.05) is 25.6 Å². The Labute approximate surface area is 217 Å². The van der Waals surface area contributed by atoms with Crippen molar-refractivity contribution >= 4 is 45.1 Å². The first kappa shape index (κ1) is 28.9. The third-order valence-electron chi connectivity index (χ3n) is 4.42. The Morgan fingerprint density at radius 3 is 2.36 bits per heavy atom. The Kier molecular flexibility index (Phi) is 10.1. The fraction of sp³-hybridized carbons (Fsp3) is 0.227. The van der Waals surface area contributed by atoms with Crippen molar-refractivity contribution in [1.82, 2.24) is 9.78 Å². The maximum atomic E-state index is 12.7. The largest absolute Gasteiger partial charge is 0.496 e. The quantitative estimate of drug-likeness (QED) is 0.361. The molecule has 194 valence electrons. The van der Waals surface area contributed by atoms with E-state index in [1.54, 1.807) is 61.4 Å². The van der Waals surface area contributed by atoms with E-state index in [2.05, 4.69) is 26.3 Å². The molecule has 0 spiro atoms. The summed E-state index contributed by atoms with van der Waals surface area (Å²) in [4.78, 5) is 21.6. The molecule has 9 nitrogen and oxygen atoms in total. The maximum Gasteiger partial charge on any atom is 0.490 e. The molecular formula is C22H21BrClF3N4O5. The zero-order valence-corrected chi connectivity index (χ0v) is 21.2. The van der Waals surface area contributed by atoms with Crippen molar-refractivity contribution in [2.24, 2.45) is 12.8 Å². The Morgan fingerprint density at radius 1 is 1.22 bits per heavy atom. The Morgan fingerprint density at radius 2 is 1.86 bits per heavy atom. The van der Waals surface area contributed by atoms with E-state index in [1.807, 2.05) is 0 Å². The lowest BCUT2D eigenvalue weighted by Crippen LogP contribution is -2.21. The summed E-state index contributed by atoms with van der Waals surface area (Å²) >= 11 is 9.71. The SMILES string of the molecule is COc1ccc(C(=O)Nc2ccc(OCCN)c(-c3c(Cl)cnn3C)c2)cc1Br.O=C(O)C(F)(F)F. The van der Waals surface area contributed by atoms with Gasteiger partial charge in [0.2, 0.25) is 0 Å². The van der Waals surface area contributed by atoms with Crippen LogP contribution in [0.15, 0.2) is 47.1 Å². The number of benzene rings is 2. The fourth-order valence-electron chi connectivity index (χ4n) is 2.81. The summed E-state index contributed by atoms with van der Waals surface area (Å²) in [6, 6.07) is 10.4. The number of aryl methyl sites for hydroxylation is 1. The number of rotatable bonds is 7. The molecule has 1 aromatic heterocycles. The molecule has 0 bridgehead atoms. The summed E-state index contributed by atoms with van der Waals surface area (Å²) in [5.41, 5.74) is 8.03. The lowest BCUT2D eigenvalue weighted by atomic mass is 10.1. The number of halogens is 5. The first-order valence-corrected chi connectivity index (χ1v) is 11.2. The van der Waals surface area contributed by atoms with Gasteiger partial charge in [-0.25, -0.2) is 4.79 Å². The number of aliphatic carboxylic acids is 1. The molecule has 4 N–H and O–H groups in total. The van der Waals surface area contributed by atoms with Gasteiger partial charge in [0.05, 0.1) is 28.5 Å². The van der Waals surface area contributed by atoms with Crippen LogP contribution in [0.3, 0.4) is 0 Å². The standard InChI is InChI=1S/C20H20BrClN4O3.C2HF3O2/c1-26-19(16(22)11-24-26)14-10-13(4-6-17(14)29-8-7-23)25-20(27)12-3-5-18(28-2)15(21)9-12;3-2(4,5)1(6)7/h3-6,9-11H,7-8,23H2,1-2H3,(H,25,27);(H,6,7). The number of carbonyl (C=O) groups is 2. The average Bonchev–Trinajstić information content (AvgIpc) is 3.15. The third kappa shape index (κ3) is 7.60. The van der Waals surface area contributed by atoms with E-state index >= 15 is 0 Å². The van der Waals surface area contributed by atoms with Crippen LogP contribution >= 0.6 is 27.5 Å². The van der Waals surface area contributed by atoms with Crippen molar-refractivity contribution < 1.29 is 37.3 Å².